The average molecular weight is 713 g/mol. The van der Waals surface area contributed by atoms with Gasteiger partial charge in [-0.25, -0.2) is 0 Å². The Kier molecular flexibility index (Phi) is 6.66. The molecule has 260 valence electrons. The second-order valence-electron chi connectivity index (χ2n) is 14.8. The molecule has 12 rings (SSSR count). The van der Waals surface area contributed by atoms with Gasteiger partial charge >= 0.3 is 0 Å². The fourth-order valence-electron chi connectivity index (χ4n) is 9.02. The van der Waals surface area contributed by atoms with Gasteiger partial charge in [-0.1, -0.05) is 146 Å². The highest BCUT2D eigenvalue weighted by Gasteiger charge is 2.19. The molecule has 0 saturated carbocycles. The van der Waals surface area contributed by atoms with E-state index in [0.717, 1.165) is 55.0 Å². The minimum atomic E-state index is 0.792. The van der Waals surface area contributed by atoms with Gasteiger partial charge in [0.1, 0.15) is 11.2 Å². The largest absolute Gasteiger partial charge is 0.452 e. The third-order valence-electron chi connectivity index (χ3n) is 11.6. The first-order valence-electron chi connectivity index (χ1n) is 19.2. The number of furan rings is 2. The first-order valence-corrected chi connectivity index (χ1v) is 19.2. The van der Waals surface area contributed by atoms with Crippen LogP contribution in [0.5, 0.6) is 0 Å². The minimum absolute atomic E-state index is 0.792. The van der Waals surface area contributed by atoms with Gasteiger partial charge in [-0.15, -0.1) is 0 Å². The molecule has 0 aliphatic heterocycles. The van der Waals surface area contributed by atoms with E-state index in [9.17, 15) is 0 Å². The predicted octanol–water partition coefficient (Wildman–Crippen LogP) is 15.6. The molecule has 0 saturated heterocycles. The van der Waals surface area contributed by atoms with Crippen molar-refractivity contribution >= 4 is 76.2 Å². The van der Waals surface area contributed by atoms with Crippen LogP contribution in [0.25, 0.3) is 121 Å². The van der Waals surface area contributed by atoms with Crippen molar-refractivity contribution in [2.75, 3.05) is 0 Å². The van der Waals surface area contributed by atoms with Crippen LogP contribution in [0.2, 0.25) is 0 Å². The standard InChI is InChI=1S/C54H32O2/c1-2-12-34-29-37(24-23-33(34)11-1)35-13-9-15-39(30-35)51-42-18-3-5-20-44(42)52(45-21-6-4-19-43(45)51)40-16-10-14-36(31-40)38-25-28-50-48(32-38)47-27-26-46-41-17-7-8-22-49(41)55-53(46)54(47)56-50/h1-32H. The number of hydrogen-bond donors (Lipinski definition) is 0. The molecule has 2 heterocycles. The van der Waals surface area contributed by atoms with E-state index in [4.69, 9.17) is 8.83 Å². The zero-order valence-electron chi connectivity index (χ0n) is 30.3. The summed E-state index contributed by atoms with van der Waals surface area (Å²) in [7, 11) is 0. The SMILES string of the molecule is c1cc(-c2ccc3ccccc3c2)cc(-c2c3ccccc3c(-c3cccc(-c4ccc5oc6c(ccc7c8ccccc8oc76)c5c4)c3)c3ccccc23)c1. The monoisotopic (exact) mass is 712 g/mol. The van der Waals surface area contributed by atoms with Gasteiger partial charge in [-0.2, -0.15) is 0 Å². The Bertz CT molecular complexity index is 3490. The summed E-state index contributed by atoms with van der Waals surface area (Å²) in [5.74, 6) is 0. The summed E-state index contributed by atoms with van der Waals surface area (Å²) >= 11 is 0. The fraction of sp³-hybridized carbons (Fsp3) is 0. The predicted molar refractivity (Wildman–Crippen MR) is 235 cm³/mol. The summed E-state index contributed by atoms with van der Waals surface area (Å²) in [6, 6.07) is 70.1. The van der Waals surface area contributed by atoms with E-state index in [1.165, 1.54) is 65.7 Å². The summed E-state index contributed by atoms with van der Waals surface area (Å²) in [5.41, 5.74) is 12.9. The first-order chi connectivity index (χ1) is 27.7. The molecule has 0 bridgehead atoms. The Morgan fingerprint density at radius 2 is 0.679 bits per heavy atom. The molecule has 56 heavy (non-hydrogen) atoms. The zero-order chi connectivity index (χ0) is 36.7. The quantitative estimate of drug-likeness (QED) is 0.170. The van der Waals surface area contributed by atoms with Gasteiger partial charge in [0.05, 0.1) is 0 Å². The first kappa shape index (κ1) is 31.0. The van der Waals surface area contributed by atoms with Gasteiger partial charge < -0.3 is 8.83 Å². The van der Waals surface area contributed by atoms with Gasteiger partial charge in [0.2, 0.25) is 0 Å². The van der Waals surface area contributed by atoms with Crippen LogP contribution in [0.1, 0.15) is 0 Å². The second kappa shape index (κ2) is 12.0. The lowest BCUT2D eigenvalue weighted by Gasteiger charge is -2.18. The van der Waals surface area contributed by atoms with Crippen LogP contribution >= 0.6 is 0 Å². The van der Waals surface area contributed by atoms with Crippen LogP contribution in [0.3, 0.4) is 0 Å². The third-order valence-corrected chi connectivity index (χ3v) is 11.6. The highest BCUT2D eigenvalue weighted by Crippen LogP contribution is 2.45. The van der Waals surface area contributed by atoms with Crippen LogP contribution in [-0.4, -0.2) is 0 Å². The van der Waals surface area contributed by atoms with Crippen LogP contribution in [0.15, 0.2) is 203 Å². The molecule has 2 aromatic heterocycles. The molecule has 0 atom stereocenters. The molecule has 0 aliphatic carbocycles. The zero-order valence-corrected chi connectivity index (χ0v) is 30.3. The maximum Gasteiger partial charge on any atom is 0.178 e. The molecular weight excluding hydrogens is 681 g/mol. The highest BCUT2D eigenvalue weighted by atomic mass is 16.4. The molecule has 0 amide bonds. The number of fused-ring (bicyclic) bond motifs is 10. The Labute approximate surface area is 322 Å². The van der Waals surface area contributed by atoms with Gasteiger partial charge in [0.25, 0.3) is 0 Å². The summed E-state index contributed by atoms with van der Waals surface area (Å²) in [6.07, 6.45) is 0. The van der Waals surface area contributed by atoms with E-state index in [0.29, 0.717) is 0 Å². The summed E-state index contributed by atoms with van der Waals surface area (Å²) in [6.45, 7) is 0. The summed E-state index contributed by atoms with van der Waals surface area (Å²) in [4.78, 5) is 0. The van der Waals surface area contributed by atoms with Crippen molar-refractivity contribution in [2.45, 2.75) is 0 Å². The summed E-state index contributed by atoms with van der Waals surface area (Å²) in [5, 5.41) is 11.8. The summed E-state index contributed by atoms with van der Waals surface area (Å²) < 4.78 is 12.8. The maximum atomic E-state index is 6.48. The van der Waals surface area contributed by atoms with Gasteiger partial charge in [0, 0.05) is 21.5 Å². The highest BCUT2D eigenvalue weighted by molar-refractivity contribution is 6.22. The lowest BCUT2D eigenvalue weighted by Crippen LogP contribution is -1.91. The molecule has 2 heteroatoms. The van der Waals surface area contributed by atoms with Crippen molar-refractivity contribution in [1.82, 2.24) is 0 Å². The Morgan fingerprint density at radius 3 is 1.30 bits per heavy atom. The van der Waals surface area contributed by atoms with Crippen molar-refractivity contribution in [3.8, 4) is 44.5 Å². The Balaban J connectivity index is 1.01. The van der Waals surface area contributed by atoms with Gasteiger partial charge in [-0.3, -0.25) is 0 Å². The third kappa shape index (κ3) is 4.69. The molecule has 0 aliphatic rings. The van der Waals surface area contributed by atoms with Crippen molar-refractivity contribution in [3.05, 3.63) is 194 Å². The molecule has 0 N–H and O–H groups in total. The number of benzene rings is 10. The molecule has 0 radical (unpaired) electrons. The van der Waals surface area contributed by atoms with Crippen LogP contribution < -0.4 is 0 Å². The minimum Gasteiger partial charge on any atom is -0.452 e. The van der Waals surface area contributed by atoms with Crippen molar-refractivity contribution in [3.63, 3.8) is 0 Å². The van der Waals surface area contributed by atoms with Crippen LogP contribution in [0.4, 0.5) is 0 Å². The molecule has 0 fully saturated rings. The van der Waals surface area contributed by atoms with E-state index >= 15 is 0 Å². The van der Waals surface area contributed by atoms with E-state index < -0.39 is 0 Å². The molecular formula is C54H32O2. The van der Waals surface area contributed by atoms with E-state index in [2.05, 4.69) is 176 Å². The van der Waals surface area contributed by atoms with Crippen LogP contribution in [0, 0.1) is 0 Å². The maximum absolute atomic E-state index is 6.48. The second-order valence-corrected chi connectivity index (χ2v) is 14.8. The van der Waals surface area contributed by atoms with Gasteiger partial charge in [-0.05, 0) is 125 Å². The van der Waals surface area contributed by atoms with Crippen molar-refractivity contribution in [2.24, 2.45) is 0 Å². The number of rotatable bonds is 4. The lowest BCUT2D eigenvalue weighted by atomic mass is 9.85. The van der Waals surface area contributed by atoms with Crippen molar-refractivity contribution in [1.29, 1.82) is 0 Å². The Morgan fingerprint density at radius 1 is 0.232 bits per heavy atom. The Hall–Kier alpha value is -7.42. The van der Waals surface area contributed by atoms with E-state index in [1.54, 1.807) is 0 Å². The molecule has 2 nitrogen and oxygen atoms in total. The molecule has 10 aromatic carbocycles. The fourth-order valence-corrected chi connectivity index (χ4v) is 9.02. The smallest absolute Gasteiger partial charge is 0.178 e. The molecule has 0 unspecified atom stereocenters. The number of para-hydroxylation sites is 1. The van der Waals surface area contributed by atoms with Gasteiger partial charge in [0.15, 0.2) is 11.2 Å². The van der Waals surface area contributed by atoms with E-state index in [-0.39, 0.29) is 0 Å². The van der Waals surface area contributed by atoms with Crippen LogP contribution in [-0.2, 0) is 0 Å². The lowest BCUT2D eigenvalue weighted by molar-refractivity contribution is 0.633. The molecule has 12 aromatic rings. The van der Waals surface area contributed by atoms with E-state index in [1.807, 2.05) is 18.2 Å². The van der Waals surface area contributed by atoms with Crippen molar-refractivity contribution < 1.29 is 8.83 Å². The average Bonchev–Trinajstić information content (AvgIpc) is 3.84. The normalized spacial score (nSPS) is 11.9. The topological polar surface area (TPSA) is 26.3 Å². The number of hydrogen-bond acceptors (Lipinski definition) is 2. The molecule has 0 spiro atoms.